The maximum Gasteiger partial charge on any atom is 0.328 e. The van der Waals surface area contributed by atoms with Gasteiger partial charge in [0.1, 0.15) is 11.5 Å². The minimum absolute atomic E-state index is 0.106. The SMILES string of the molecule is CN(C(=O)Nc1ccccc1)C(=O)[C@@H]1C=C2c3cccc4[nH]cc(c34)C[C@@]2(C)[NH2+]C1. The third kappa shape index (κ3) is 2.92. The molecule has 3 aromatic rings. The summed E-state index contributed by atoms with van der Waals surface area (Å²) < 4.78 is 0. The van der Waals surface area contributed by atoms with Gasteiger partial charge in [-0.3, -0.25) is 9.69 Å². The molecule has 0 radical (unpaired) electrons. The van der Waals surface area contributed by atoms with Crippen LogP contribution in [-0.2, 0) is 11.2 Å². The van der Waals surface area contributed by atoms with E-state index in [4.69, 9.17) is 0 Å². The van der Waals surface area contributed by atoms with Crippen LogP contribution in [-0.4, -0.2) is 41.0 Å². The lowest BCUT2D eigenvalue weighted by Gasteiger charge is -2.39. The van der Waals surface area contributed by atoms with E-state index in [-0.39, 0.29) is 17.4 Å². The number of rotatable bonds is 2. The van der Waals surface area contributed by atoms with E-state index in [1.807, 2.05) is 18.2 Å². The fraction of sp³-hybridized carbons (Fsp3) is 0.250. The number of urea groups is 1. The number of hydrogen-bond acceptors (Lipinski definition) is 2. The van der Waals surface area contributed by atoms with Gasteiger partial charge < -0.3 is 15.6 Å². The van der Waals surface area contributed by atoms with Crippen molar-refractivity contribution in [3.8, 4) is 0 Å². The molecule has 3 amide bonds. The number of benzene rings is 2. The van der Waals surface area contributed by atoms with Crippen LogP contribution >= 0.6 is 0 Å². The summed E-state index contributed by atoms with van der Waals surface area (Å²) in [4.78, 5) is 30.3. The molecule has 0 spiro atoms. The highest BCUT2D eigenvalue weighted by Crippen LogP contribution is 2.41. The number of aromatic amines is 1. The number of carbonyl (C=O) groups is 2. The first-order chi connectivity index (χ1) is 14.5. The Bertz CT molecular complexity index is 1180. The maximum atomic E-state index is 13.1. The second kappa shape index (κ2) is 6.85. The van der Waals surface area contributed by atoms with Crippen molar-refractivity contribution < 1.29 is 14.9 Å². The molecular weight excluding hydrogens is 376 g/mol. The van der Waals surface area contributed by atoms with E-state index in [0.29, 0.717) is 12.2 Å². The average molecular weight is 401 g/mol. The Morgan fingerprint density at radius 3 is 2.77 bits per heavy atom. The van der Waals surface area contributed by atoms with E-state index in [2.05, 4.69) is 53.0 Å². The van der Waals surface area contributed by atoms with Crippen molar-refractivity contribution in [3.63, 3.8) is 0 Å². The molecule has 0 fully saturated rings. The van der Waals surface area contributed by atoms with Crippen LogP contribution in [0.25, 0.3) is 16.5 Å². The molecule has 0 saturated heterocycles. The number of anilines is 1. The zero-order chi connectivity index (χ0) is 20.9. The molecule has 1 aliphatic heterocycles. The van der Waals surface area contributed by atoms with Crippen LogP contribution in [0.1, 0.15) is 18.1 Å². The van der Waals surface area contributed by atoms with E-state index in [0.717, 1.165) is 11.9 Å². The summed E-state index contributed by atoms with van der Waals surface area (Å²) in [7, 11) is 1.54. The van der Waals surface area contributed by atoms with Gasteiger partial charge in [-0.1, -0.05) is 36.4 Å². The Hall–Kier alpha value is -3.38. The van der Waals surface area contributed by atoms with Crippen molar-refractivity contribution >= 4 is 34.1 Å². The van der Waals surface area contributed by atoms with Gasteiger partial charge in [-0.2, -0.15) is 0 Å². The number of nitrogens with zero attached hydrogens (tertiary/aromatic N) is 1. The van der Waals surface area contributed by atoms with Gasteiger partial charge in [-0.25, -0.2) is 4.79 Å². The fourth-order valence-corrected chi connectivity index (χ4v) is 4.79. The summed E-state index contributed by atoms with van der Waals surface area (Å²) in [5, 5.41) is 6.28. The molecule has 152 valence electrons. The summed E-state index contributed by atoms with van der Waals surface area (Å²) in [6, 6.07) is 15.0. The molecular formula is C24H25N4O2+. The van der Waals surface area contributed by atoms with E-state index in [1.165, 1.54) is 27.0 Å². The number of nitrogens with two attached hydrogens (primary N) is 1. The van der Waals surface area contributed by atoms with Crippen molar-refractivity contribution in [1.82, 2.24) is 9.88 Å². The molecule has 5 rings (SSSR count). The van der Waals surface area contributed by atoms with Crippen LogP contribution in [0.3, 0.4) is 0 Å². The number of quaternary nitrogens is 1. The molecule has 4 N–H and O–H groups in total. The molecule has 2 heterocycles. The van der Waals surface area contributed by atoms with Gasteiger partial charge in [-0.15, -0.1) is 0 Å². The monoisotopic (exact) mass is 401 g/mol. The highest BCUT2D eigenvalue weighted by Gasteiger charge is 2.44. The number of carbonyl (C=O) groups excluding carboxylic acids is 2. The quantitative estimate of drug-likeness (QED) is 0.617. The Kier molecular flexibility index (Phi) is 4.25. The second-order valence-corrected chi connectivity index (χ2v) is 8.46. The number of aromatic nitrogens is 1. The van der Waals surface area contributed by atoms with Gasteiger partial charge in [0.25, 0.3) is 0 Å². The smallest absolute Gasteiger partial charge is 0.328 e. The third-order valence-corrected chi connectivity index (χ3v) is 6.42. The zero-order valence-corrected chi connectivity index (χ0v) is 17.1. The van der Waals surface area contributed by atoms with Crippen molar-refractivity contribution in [2.75, 3.05) is 18.9 Å². The summed E-state index contributed by atoms with van der Waals surface area (Å²) >= 11 is 0. The molecule has 1 aromatic heterocycles. The molecule has 1 aliphatic carbocycles. The van der Waals surface area contributed by atoms with Crippen molar-refractivity contribution in [1.29, 1.82) is 0 Å². The topological polar surface area (TPSA) is 81.8 Å². The molecule has 6 heteroatoms. The average Bonchev–Trinajstić information content (AvgIpc) is 3.16. The van der Waals surface area contributed by atoms with Crippen molar-refractivity contribution in [3.05, 3.63) is 71.9 Å². The molecule has 0 saturated carbocycles. The fourth-order valence-electron chi connectivity index (χ4n) is 4.79. The van der Waals surface area contributed by atoms with Gasteiger partial charge in [0, 0.05) is 41.8 Å². The summed E-state index contributed by atoms with van der Waals surface area (Å²) in [6.07, 6.45) is 5.10. The lowest BCUT2D eigenvalue weighted by atomic mass is 9.72. The van der Waals surface area contributed by atoms with Gasteiger partial charge in [-0.05, 0) is 36.2 Å². The lowest BCUT2D eigenvalue weighted by Crippen LogP contribution is -2.99. The van der Waals surface area contributed by atoms with Crippen LogP contribution in [0.4, 0.5) is 10.5 Å². The van der Waals surface area contributed by atoms with E-state index < -0.39 is 6.03 Å². The Morgan fingerprint density at radius 2 is 1.97 bits per heavy atom. The van der Waals surface area contributed by atoms with E-state index in [9.17, 15) is 9.59 Å². The molecule has 6 nitrogen and oxygen atoms in total. The Labute approximate surface area is 175 Å². The minimum atomic E-state index is -0.420. The van der Waals surface area contributed by atoms with Crippen LogP contribution in [0.2, 0.25) is 0 Å². The highest BCUT2D eigenvalue weighted by atomic mass is 16.2. The number of hydrogen-bond donors (Lipinski definition) is 3. The molecule has 0 unspecified atom stereocenters. The number of H-pyrrole nitrogens is 1. The van der Waals surface area contributed by atoms with Gasteiger partial charge in [0.2, 0.25) is 5.91 Å². The molecule has 2 atom stereocenters. The van der Waals surface area contributed by atoms with Gasteiger partial charge in [0.15, 0.2) is 0 Å². The standard InChI is InChI=1S/C24H24N4O2/c1-24-12-16-13-25-20-10-6-9-18(21(16)20)19(24)11-15(14-26-24)22(29)28(2)23(30)27-17-7-4-3-5-8-17/h3-11,13,15,25-26H,12,14H2,1-2H3,(H,27,30)/p+1/t15-,24-/m1/s1. The minimum Gasteiger partial charge on any atom is -0.361 e. The lowest BCUT2D eigenvalue weighted by molar-refractivity contribution is -0.714. The molecule has 2 aliphatic rings. The van der Waals surface area contributed by atoms with E-state index in [1.54, 1.807) is 19.2 Å². The molecule has 30 heavy (non-hydrogen) atoms. The van der Waals surface area contributed by atoms with E-state index >= 15 is 0 Å². The first kappa shape index (κ1) is 18.6. The molecule has 0 bridgehead atoms. The number of nitrogens with one attached hydrogen (secondary N) is 2. The summed E-state index contributed by atoms with van der Waals surface area (Å²) in [5.41, 5.74) is 5.37. The normalized spacial score (nSPS) is 22.2. The number of amides is 3. The molecule has 2 aromatic carbocycles. The van der Waals surface area contributed by atoms with Gasteiger partial charge in [0.05, 0.1) is 6.54 Å². The third-order valence-electron chi connectivity index (χ3n) is 6.42. The van der Waals surface area contributed by atoms with Crippen LogP contribution in [0, 0.1) is 5.92 Å². The Morgan fingerprint density at radius 1 is 1.17 bits per heavy atom. The predicted molar refractivity (Wildman–Crippen MR) is 117 cm³/mol. The number of imide groups is 1. The first-order valence-corrected chi connectivity index (χ1v) is 10.3. The highest BCUT2D eigenvalue weighted by molar-refractivity contribution is 6.04. The van der Waals surface area contributed by atoms with Gasteiger partial charge >= 0.3 is 6.03 Å². The Balaban J connectivity index is 1.44. The van der Waals surface area contributed by atoms with Crippen molar-refractivity contribution in [2.24, 2.45) is 5.92 Å². The number of para-hydroxylation sites is 1. The second-order valence-electron chi connectivity index (χ2n) is 8.46. The summed E-state index contributed by atoms with van der Waals surface area (Å²) in [6.45, 7) is 2.86. The van der Waals surface area contributed by atoms with Crippen LogP contribution < -0.4 is 10.6 Å². The maximum absolute atomic E-state index is 13.1. The summed E-state index contributed by atoms with van der Waals surface area (Å²) in [5.74, 6) is -0.545. The van der Waals surface area contributed by atoms with Crippen molar-refractivity contribution in [2.45, 2.75) is 18.9 Å². The largest absolute Gasteiger partial charge is 0.361 e. The first-order valence-electron chi connectivity index (χ1n) is 10.3. The zero-order valence-electron chi connectivity index (χ0n) is 17.1. The van der Waals surface area contributed by atoms with Crippen LogP contribution in [0.15, 0.2) is 60.8 Å². The predicted octanol–water partition coefficient (Wildman–Crippen LogP) is 2.75. The van der Waals surface area contributed by atoms with Crippen LogP contribution in [0.5, 0.6) is 0 Å². The number of fused-ring (bicyclic) bond motifs is 2.